The molecule has 0 aromatic heterocycles. The van der Waals surface area contributed by atoms with Crippen LogP contribution in [-0.2, 0) is 4.74 Å². The van der Waals surface area contributed by atoms with Gasteiger partial charge < -0.3 is 14.4 Å². The number of thiol groups is 1. The van der Waals surface area contributed by atoms with Crippen LogP contribution in [0, 0.1) is 0 Å². The lowest BCUT2D eigenvalue weighted by atomic mass is 9.79. The van der Waals surface area contributed by atoms with Gasteiger partial charge >= 0.3 is 6.09 Å². The highest BCUT2D eigenvalue weighted by atomic mass is 35.5. The number of nitrogens with one attached hydrogen (secondary N) is 1. The van der Waals surface area contributed by atoms with E-state index in [1.165, 1.54) is 10.5 Å². The lowest BCUT2D eigenvalue weighted by Gasteiger charge is -2.27. The molecule has 0 saturated carbocycles. The smallest absolute Gasteiger partial charge is 0.410 e. The zero-order valence-corrected chi connectivity index (χ0v) is 19.7. The van der Waals surface area contributed by atoms with E-state index >= 15 is 0 Å². The highest BCUT2D eigenvalue weighted by Gasteiger charge is 2.32. The number of carbonyl (C=O) groups is 1. The molecule has 30 heavy (non-hydrogen) atoms. The molecule has 1 heterocycles. The van der Waals surface area contributed by atoms with E-state index in [9.17, 15) is 4.79 Å². The quantitative estimate of drug-likeness (QED) is 0.326. The summed E-state index contributed by atoms with van der Waals surface area (Å²) in [6.45, 7) is 3.00. The fourth-order valence-corrected chi connectivity index (χ4v) is 3.89. The summed E-state index contributed by atoms with van der Waals surface area (Å²) in [5.41, 5.74) is 2.28. The van der Waals surface area contributed by atoms with Crippen molar-refractivity contribution in [2.24, 2.45) is 0 Å². The number of amides is 1. The molecule has 0 saturated heterocycles. The first-order valence-corrected chi connectivity index (χ1v) is 11.3. The topological polar surface area (TPSA) is 50.8 Å². The van der Waals surface area contributed by atoms with Crippen molar-refractivity contribution in [3.63, 3.8) is 0 Å². The first kappa shape index (κ1) is 24.4. The van der Waals surface area contributed by atoms with Gasteiger partial charge in [-0.25, -0.2) is 4.79 Å². The maximum absolute atomic E-state index is 11.6. The molecule has 7 heteroatoms. The van der Waals surface area contributed by atoms with Gasteiger partial charge in [-0.1, -0.05) is 43.1 Å². The minimum absolute atomic E-state index is 0.148. The first-order chi connectivity index (χ1) is 14.5. The maximum atomic E-state index is 11.6. The number of hydrogen-bond acceptors (Lipinski definition) is 5. The van der Waals surface area contributed by atoms with Gasteiger partial charge in [-0.2, -0.15) is 12.6 Å². The van der Waals surface area contributed by atoms with Crippen LogP contribution in [0.15, 0.2) is 42.5 Å². The van der Waals surface area contributed by atoms with Crippen LogP contribution in [0.5, 0.6) is 11.5 Å². The zero-order chi connectivity index (χ0) is 22.1. The largest absolute Gasteiger partial charge is 0.457 e. The number of carbonyl (C=O) groups excluding carboxylic acids is 1. The minimum Gasteiger partial charge on any atom is -0.457 e. The second-order valence-corrected chi connectivity index (χ2v) is 7.66. The second-order valence-electron chi connectivity index (χ2n) is 7.23. The van der Waals surface area contributed by atoms with E-state index < -0.39 is 0 Å². The lowest BCUT2D eigenvalue weighted by Crippen LogP contribution is -2.31. The minimum atomic E-state index is -0.365. The Morgan fingerprint density at radius 2 is 1.83 bits per heavy atom. The van der Waals surface area contributed by atoms with Crippen molar-refractivity contribution in [1.82, 2.24) is 10.2 Å². The SMILES string of the molecule is CCCC1c2ccccc2Oc2ccc(Cl)cc2C1CNCOC(=O)N(C)C.CS. The van der Waals surface area contributed by atoms with E-state index in [1.54, 1.807) is 20.4 Å². The summed E-state index contributed by atoms with van der Waals surface area (Å²) in [5, 5.41) is 3.97. The zero-order valence-electron chi connectivity index (χ0n) is 18.0. The Bertz CT molecular complexity index is 832. The molecular weight excluding hydrogens is 420 g/mol. The summed E-state index contributed by atoms with van der Waals surface area (Å²) >= 11 is 9.85. The third kappa shape index (κ3) is 6.06. The van der Waals surface area contributed by atoms with Crippen LogP contribution >= 0.6 is 24.2 Å². The number of ether oxygens (including phenoxy) is 2. The van der Waals surface area contributed by atoms with Crippen LogP contribution in [-0.4, -0.2) is 44.6 Å². The van der Waals surface area contributed by atoms with Gasteiger partial charge in [0, 0.05) is 37.1 Å². The molecule has 2 unspecified atom stereocenters. The molecule has 1 aliphatic rings. The van der Waals surface area contributed by atoms with Crippen molar-refractivity contribution in [2.45, 2.75) is 31.6 Å². The third-order valence-electron chi connectivity index (χ3n) is 5.02. The molecule has 1 aliphatic heterocycles. The molecule has 1 N–H and O–H groups in total. The average molecular weight is 451 g/mol. The lowest BCUT2D eigenvalue weighted by molar-refractivity contribution is 0.109. The molecule has 1 amide bonds. The Balaban J connectivity index is 0.00000155. The number of para-hydroxylation sites is 1. The van der Waals surface area contributed by atoms with Crippen LogP contribution in [0.4, 0.5) is 4.79 Å². The summed E-state index contributed by atoms with van der Waals surface area (Å²) in [4.78, 5) is 13.1. The normalized spacial score (nSPS) is 16.7. The summed E-state index contributed by atoms with van der Waals surface area (Å²) in [6.07, 6.45) is 3.41. The summed E-state index contributed by atoms with van der Waals surface area (Å²) in [6, 6.07) is 14.0. The van der Waals surface area contributed by atoms with Crippen molar-refractivity contribution in [3.8, 4) is 11.5 Å². The molecule has 0 spiro atoms. The van der Waals surface area contributed by atoms with Gasteiger partial charge in [-0.3, -0.25) is 5.32 Å². The highest BCUT2D eigenvalue weighted by molar-refractivity contribution is 7.79. The van der Waals surface area contributed by atoms with Gasteiger partial charge in [0.25, 0.3) is 0 Å². The Morgan fingerprint density at radius 3 is 2.53 bits per heavy atom. The summed E-state index contributed by atoms with van der Waals surface area (Å²) < 4.78 is 11.5. The van der Waals surface area contributed by atoms with Crippen LogP contribution in [0.3, 0.4) is 0 Å². The highest BCUT2D eigenvalue weighted by Crippen LogP contribution is 2.48. The molecule has 0 bridgehead atoms. The van der Waals surface area contributed by atoms with E-state index in [0.29, 0.717) is 11.6 Å². The fourth-order valence-electron chi connectivity index (χ4n) is 3.71. The predicted octanol–water partition coefficient (Wildman–Crippen LogP) is 5.90. The summed E-state index contributed by atoms with van der Waals surface area (Å²) in [7, 11) is 3.33. The van der Waals surface area contributed by atoms with Crippen LogP contribution in [0.2, 0.25) is 5.02 Å². The van der Waals surface area contributed by atoms with E-state index in [0.717, 1.165) is 29.9 Å². The molecule has 0 radical (unpaired) electrons. The number of hydrogen-bond donors (Lipinski definition) is 2. The van der Waals surface area contributed by atoms with Crippen molar-refractivity contribution < 1.29 is 14.3 Å². The van der Waals surface area contributed by atoms with E-state index in [4.69, 9.17) is 21.1 Å². The fraction of sp³-hybridized carbons (Fsp3) is 0.435. The molecular formula is C23H31ClN2O3S. The molecule has 164 valence electrons. The van der Waals surface area contributed by atoms with Gasteiger partial charge in [0.05, 0.1) is 0 Å². The van der Waals surface area contributed by atoms with Crippen LogP contribution in [0.25, 0.3) is 0 Å². The van der Waals surface area contributed by atoms with Crippen molar-refractivity contribution in [2.75, 3.05) is 33.6 Å². The summed E-state index contributed by atoms with van der Waals surface area (Å²) in [5.74, 6) is 2.15. The molecule has 5 nitrogen and oxygen atoms in total. The Morgan fingerprint density at radius 1 is 1.13 bits per heavy atom. The monoisotopic (exact) mass is 450 g/mol. The number of nitrogens with zero attached hydrogens (tertiary/aromatic N) is 1. The van der Waals surface area contributed by atoms with Gasteiger partial charge in [-0.15, -0.1) is 0 Å². The van der Waals surface area contributed by atoms with Crippen molar-refractivity contribution in [1.29, 1.82) is 0 Å². The Kier molecular flexibility index (Phi) is 9.82. The van der Waals surface area contributed by atoms with E-state index in [1.807, 2.05) is 30.3 Å². The number of halogens is 1. The van der Waals surface area contributed by atoms with Gasteiger partial charge in [0.1, 0.15) is 18.2 Å². The maximum Gasteiger partial charge on any atom is 0.410 e. The van der Waals surface area contributed by atoms with Crippen LogP contribution in [0.1, 0.15) is 42.7 Å². The predicted molar refractivity (Wildman–Crippen MR) is 126 cm³/mol. The number of rotatable bonds is 6. The molecule has 2 aromatic carbocycles. The van der Waals surface area contributed by atoms with Gasteiger partial charge in [0.15, 0.2) is 0 Å². The molecule has 0 fully saturated rings. The molecule has 2 aromatic rings. The number of fused-ring (bicyclic) bond motifs is 2. The molecule has 0 aliphatic carbocycles. The molecule has 2 atom stereocenters. The Labute approximate surface area is 190 Å². The second kappa shape index (κ2) is 12.1. The van der Waals surface area contributed by atoms with E-state index in [2.05, 4.69) is 37.0 Å². The van der Waals surface area contributed by atoms with Crippen molar-refractivity contribution >= 4 is 30.3 Å². The standard InChI is InChI=1S/C22H27ClN2O3.CH4S/c1-4-7-16-17-8-5-6-9-20(17)28-21-11-10-15(23)12-18(21)19(16)13-24-14-27-22(26)25(2)3;1-2/h5-6,8-12,16,19,24H,4,7,13-14H2,1-3H3;2H,1H3. The average Bonchev–Trinajstić information content (AvgIpc) is 2.87. The van der Waals surface area contributed by atoms with Crippen molar-refractivity contribution in [3.05, 3.63) is 58.6 Å². The van der Waals surface area contributed by atoms with Crippen LogP contribution < -0.4 is 10.1 Å². The first-order valence-electron chi connectivity index (χ1n) is 10.1. The number of benzene rings is 2. The van der Waals surface area contributed by atoms with Gasteiger partial charge in [-0.05, 0) is 48.4 Å². The van der Waals surface area contributed by atoms with E-state index in [-0.39, 0.29) is 24.7 Å². The van der Waals surface area contributed by atoms with Gasteiger partial charge in [0.2, 0.25) is 0 Å². The third-order valence-corrected chi connectivity index (χ3v) is 5.26. The molecule has 3 rings (SSSR count). The Hall–Kier alpha value is -1.89.